The van der Waals surface area contributed by atoms with E-state index < -0.39 is 10.0 Å². The van der Waals surface area contributed by atoms with E-state index in [1.54, 1.807) is 25.1 Å². The lowest BCUT2D eigenvalue weighted by Crippen LogP contribution is -2.23. The van der Waals surface area contributed by atoms with Gasteiger partial charge in [0.25, 0.3) is 5.91 Å². The molecule has 8 heteroatoms. The SMILES string of the molecule is CCOc1ccc(NC(=O)c2ccc3[nH]c(C)c(C)c3c2)cc1S(=O)(=O)N(C)C. The Balaban J connectivity index is 1.95. The first-order chi connectivity index (χ1) is 13.6. The Labute approximate surface area is 170 Å². The van der Waals surface area contributed by atoms with E-state index in [4.69, 9.17) is 4.74 Å². The standard InChI is InChI=1S/C21H25N3O4S/c1-6-28-19-10-8-16(12-20(19)29(26,27)24(4)5)23-21(25)15-7-9-18-17(11-15)13(2)14(3)22-18/h7-12,22H,6H2,1-5H3,(H,23,25). The fraction of sp³-hybridized carbons (Fsp3) is 0.286. The van der Waals surface area contributed by atoms with Gasteiger partial charge in [-0.25, -0.2) is 12.7 Å². The first kappa shape index (κ1) is 20.9. The van der Waals surface area contributed by atoms with Gasteiger partial charge in [0.2, 0.25) is 10.0 Å². The van der Waals surface area contributed by atoms with Crippen molar-refractivity contribution in [3.05, 3.63) is 53.2 Å². The third kappa shape index (κ3) is 3.99. The molecule has 0 bridgehead atoms. The van der Waals surface area contributed by atoms with E-state index in [0.717, 1.165) is 26.5 Å². The van der Waals surface area contributed by atoms with E-state index in [1.165, 1.54) is 20.2 Å². The minimum atomic E-state index is -3.73. The molecule has 0 spiro atoms. The van der Waals surface area contributed by atoms with Gasteiger partial charge in [-0.3, -0.25) is 4.79 Å². The molecule has 0 atom stereocenters. The smallest absolute Gasteiger partial charge is 0.255 e. The van der Waals surface area contributed by atoms with Crippen LogP contribution in [0.4, 0.5) is 5.69 Å². The number of anilines is 1. The van der Waals surface area contributed by atoms with Crippen molar-refractivity contribution in [1.29, 1.82) is 0 Å². The molecule has 1 heterocycles. The van der Waals surface area contributed by atoms with Gasteiger partial charge in [-0.05, 0) is 62.7 Å². The molecule has 0 aliphatic carbocycles. The summed E-state index contributed by atoms with van der Waals surface area (Å²) in [6.45, 7) is 6.10. The molecule has 29 heavy (non-hydrogen) atoms. The van der Waals surface area contributed by atoms with Gasteiger partial charge in [0.05, 0.1) is 6.61 Å². The third-order valence-corrected chi connectivity index (χ3v) is 6.67. The molecule has 7 nitrogen and oxygen atoms in total. The Hall–Kier alpha value is -2.84. The summed E-state index contributed by atoms with van der Waals surface area (Å²) in [6.07, 6.45) is 0. The zero-order valence-corrected chi connectivity index (χ0v) is 18.0. The van der Waals surface area contributed by atoms with Crippen LogP contribution in [0.25, 0.3) is 10.9 Å². The van der Waals surface area contributed by atoms with Crippen LogP contribution in [-0.4, -0.2) is 44.3 Å². The third-order valence-electron chi connectivity index (χ3n) is 4.83. The summed E-state index contributed by atoms with van der Waals surface area (Å²) in [6, 6.07) is 10.0. The lowest BCUT2D eigenvalue weighted by atomic mass is 10.1. The zero-order valence-electron chi connectivity index (χ0n) is 17.2. The summed E-state index contributed by atoms with van der Waals surface area (Å²) in [4.78, 5) is 16.1. The number of aromatic amines is 1. The minimum Gasteiger partial charge on any atom is -0.492 e. The van der Waals surface area contributed by atoms with Crippen LogP contribution >= 0.6 is 0 Å². The van der Waals surface area contributed by atoms with Gasteiger partial charge in [0.15, 0.2) is 0 Å². The number of hydrogen-bond donors (Lipinski definition) is 2. The molecular formula is C21H25N3O4S. The molecule has 1 amide bonds. The molecule has 3 aromatic rings. The van der Waals surface area contributed by atoms with Crippen LogP contribution in [0.15, 0.2) is 41.3 Å². The van der Waals surface area contributed by atoms with Gasteiger partial charge >= 0.3 is 0 Å². The Morgan fingerprint density at radius 3 is 2.52 bits per heavy atom. The molecule has 0 fully saturated rings. The molecule has 2 aromatic carbocycles. The predicted molar refractivity (Wildman–Crippen MR) is 114 cm³/mol. The van der Waals surface area contributed by atoms with Crippen molar-refractivity contribution in [2.45, 2.75) is 25.7 Å². The van der Waals surface area contributed by atoms with Crippen molar-refractivity contribution >= 4 is 32.5 Å². The van der Waals surface area contributed by atoms with Gasteiger partial charge < -0.3 is 15.0 Å². The number of ether oxygens (including phenoxy) is 1. The summed E-state index contributed by atoms with van der Waals surface area (Å²) in [5.74, 6) is -0.0680. The average molecular weight is 416 g/mol. The number of aromatic nitrogens is 1. The number of amides is 1. The zero-order chi connectivity index (χ0) is 21.3. The molecule has 0 aliphatic rings. The maximum absolute atomic E-state index is 12.8. The number of sulfonamides is 1. The van der Waals surface area contributed by atoms with Crippen molar-refractivity contribution in [3.8, 4) is 5.75 Å². The lowest BCUT2D eigenvalue weighted by Gasteiger charge is -2.16. The van der Waals surface area contributed by atoms with E-state index in [1.807, 2.05) is 26.0 Å². The molecule has 154 valence electrons. The highest BCUT2D eigenvalue weighted by Gasteiger charge is 2.23. The van der Waals surface area contributed by atoms with Crippen LogP contribution in [-0.2, 0) is 10.0 Å². The summed E-state index contributed by atoms with van der Waals surface area (Å²) in [5.41, 5.74) is 3.99. The number of nitrogens with one attached hydrogen (secondary N) is 2. The van der Waals surface area contributed by atoms with Gasteiger partial charge in [-0.15, -0.1) is 0 Å². The van der Waals surface area contributed by atoms with Crippen molar-refractivity contribution in [3.63, 3.8) is 0 Å². The fourth-order valence-electron chi connectivity index (χ4n) is 3.06. The molecule has 3 rings (SSSR count). The van der Waals surface area contributed by atoms with Crippen molar-refractivity contribution in [2.24, 2.45) is 0 Å². The van der Waals surface area contributed by atoms with Crippen LogP contribution in [0.5, 0.6) is 5.75 Å². The number of H-pyrrole nitrogens is 1. The van der Waals surface area contributed by atoms with Gasteiger partial charge in [0.1, 0.15) is 10.6 Å². The van der Waals surface area contributed by atoms with Crippen LogP contribution < -0.4 is 10.1 Å². The largest absolute Gasteiger partial charge is 0.492 e. The molecular weight excluding hydrogens is 390 g/mol. The molecule has 0 aliphatic heterocycles. The molecule has 0 saturated heterocycles. The van der Waals surface area contributed by atoms with E-state index in [2.05, 4.69) is 10.3 Å². The van der Waals surface area contributed by atoms with Crippen molar-refractivity contribution in [2.75, 3.05) is 26.0 Å². The van der Waals surface area contributed by atoms with E-state index in [0.29, 0.717) is 17.9 Å². The Morgan fingerprint density at radius 1 is 1.14 bits per heavy atom. The highest BCUT2D eigenvalue weighted by Crippen LogP contribution is 2.30. The second-order valence-electron chi connectivity index (χ2n) is 6.97. The monoisotopic (exact) mass is 415 g/mol. The van der Waals surface area contributed by atoms with E-state index in [-0.39, 0.29) is 16.6 Å². The quantitative estimate of drug-likeness (QED) is 0.642. The molecule has 2 N–H and O–H groups in total. The Morgan fingerprint density at radius 2 is 1.86 bits per heavy atom. The second-order valence-corrected chi connectivity index (χ2v) is 9.09. The predicted octanol–water partition coefficient (Wildman–Crippen LogP) is 3.69. The lowest BCUT2D eigenvalue weighted by molar-refractivity contribution is 0.102. The minimum absolute atomic E-state index is 0.00899. The highest BCUT2D eigenvalue weighted by molar-refractivity contribution is 7.89. The molecule has 0 unspecified atom stereocenters. The number of rotatable bonds is 6. The molecule has 0 radical (unpaired) electrons. The van der Waals surface area contributed by atoms with Crippen molar-refractivity contribution < 1.29 is 17.9 Å². The first-order valence-electron chi connectivity index (χ1n) is 9.24. The van der Waals surface area contributed by atoms with Gasteiger partial charge in [0, 0.05) is 41.9 Å². The van der Waals surface area contributed by atoms with E-state index >= 15 is 0 Å². The summed E-state index contributed by atoms with van der Waals surface area (Å²) in [5, 5.41) is 3.77. The number of benzene rings is 2. The maximum atomic E-state index is 12.8. The number of nitrogens with zero attached hydrogens (tertiary/aromatic N) is 1. The summed E-state index contributed by atoms with van der Waals surface area (Å²) >= 11 is 0. The summed E-state index contributed by atoms with van der Waals surface area (Å²) < 4.78 is 31.9. The summed E-state index contributed by atoms with van der Waals surface area (Å²) in [7, 11) is -0.829. The Kier molecular flexibility index (Phi) is 5.68. The number of hydrogen-bond acceptors (Lipinski definition) is 4. The topological polar surface area (TPSA) is 91.5 Å². The van der Waals surface area contributed by atoms with Crippen molar-refractivity contribution in [1.82, 2.24) is 9.29 Å². The normalized spacial score (nSPS) is 11.8. The number of aryl methyl sites for hydroxylation is 2. The number of carbonyl (C=O) groups excluding carboxylic acids is 1. The van der Waals surface area contributed by atoms with Gasteiger partial charge in [-0.1, -0.05) is 0 Å². The maximum Gasteiger partial charge on any atom is 0.255 e. The van der Waals surface area contributed by atoms with Crippen LogP contribution in [0.1, 0.15) is 28.5 Å². The van der Waals surface area contributed by atoms with E-state index in [9.17, 15) is 13.2 Å². The first-order valence-corrected chi connectivity index (χ1v) is 10.7. The molecule has 1 aromatic heterocycles. The molecule has 0 saturated carbocycles. The number of fused-ring (bicyclic) bond motifs is 1. The van der Waals surface area contributed by atoms with Crippen LogP contribution in [0.2, 0.25) is 0 Å². The average Bonchev–Trinajstić information content (AvgIpc) is 2.96. The Bertz CT molecular complexity index is 1180. The second kappa shape index (κ2) is 7.88. The van der Waals surface area contributed by atoms with Crippen LogP contribution in [0.3, 0.4) is 0 Å². The fourth-order valence-corrected chi connectivity index (χ4v) is 4.12. The highest BCUT2D eigenvalue weighted by atomic mass is 32.2. The van der Waals surface area contributed by atoms with Crippen LogP contribution in [0, 0.1) is 13.8 Å². The number of carbonyl (C=O) groups is 1. The van der Waals surface area contributed by atoms with Gasteiger partial charge in [-0.2, -0.15) is 0 Å².